The standard InChI is InChI=1S/C10H8FNOS/c11-7-5-10(14-6-7)13-9-3-1-8(12)2-4-9/h1-6H,12H2. The molecule has 1 aromatic carbocycles. The van der Waals surface area contributed by atoms with Gasteiger partial charge in [0.1, 0.15) is 11.6 Å². The van der Waals surface area contributed by atoms with Crippen LogP contribution in [0.25, 0.3) is 0 Å². The van der Waals surface area contributed by atoms with Crippen LogP contribution in [0.15, 0.2) is 35.7 Å². The number of nitrogens with two attached hydrogens (primary N) is 1. The third kappa shape index (κ3) is 2.03. The molecule has 0 radical (unpaired) electrons. The zero-order valence-electron chi connectivity index (χ0n) is 7.24. The van der Waals surface area contributed by atoms with Crippen molar-refractivity contribution in [3.63, 3.8) is 0 Å². The fourth-order valence-corrected chi connectivity index (χ4v) is 1.62. The fourth-order valence-electron chi connectivity index (χ4n) is 1.00. The minimum atomic E-state index is -0.277. The second kappa shape index (κ2) is 3.67. The molecule has 0 aliphatic heterocycles. The number of thiophene rings is 1. The van der Waals surface area contributed by atoms with E-state index in [1.807, 2.05) is 0 Å². The third-order valence-corrected chi connectivity index (χ3v) is 2.42. The van der Waals surface area contributed by atoms with Crippen LogP contribution >= 0.6 is 11.3 Å². The van der Waals surface area contributed by atoms with E-state index in [0.717, 1.165) is 0 Å². The second-order valence-corrected chi connectivity index (χ2v) is 3.63. The Hall–Kier alpha value is -1.55. The Morgan fingerprint density at radius 1 is 1.21 bits per heavy atom. The van der Waals surface area contributed by atoms with Crippen LogP contribution in [0.2, 0.25) is 0 Å². The summed E-state index contributed by atoms with van der Waals surface area (Å²) in [6, 6.07) is 8.31. The molecule has 4 heteroatoms. The van der Waals surface area contributed by atoms with Crippen LogP contribution in [-0.2, 0) is 0 Å². The van der Waals surface area contributed by atoms with Gasteiger partial charge in [0, 0.05) is 17.1 Å². The Balaban J connectivity index is 2.15. The number of hydrogen-bond donors (Lipinski definition) is 1. The van der Waals surface area contributed by atoms with Crippen LogP contribution in [-0.4, -0.2) is 0 Å². The predicted molar refractivity (Wildman–Crippen MR) is 55.2 cm³/mol. The molecule has 2 rings (SSSR count). The highest BCUT2D eigenvalue weighted by Gasteiger charge is 2.00. The van der Waals surface area contributed by atoms with Crippen LogP contribution in [0.5, 0.6) is 10.8 Å². The van der Waals surface area contributed by atoms with E-state index in [9.17, 15) is 4.39 Å². The summed E-state index contributed by atoms with van der Waals surface area (Å²) in [6.07, 6.45) is 0. The molecule has 72 valence electrons. The van der Waals surface area contributed by atoms with Crippen molar-refractivity contribution >= 4 is 17.0 Å². The van der Waals surface area contributed by atoms with E-state index in [1.54, 1.807) is 24.3 Å². The monoisotopic (exact) mass is 209 g/mol. The Bertz CT molecular complexity index is 424. The van der Waals surface area contributed by atoms with Crippen molar-refractivity contribution in [1.29, 1.82) is 0 Å². The Kier molecular flexibility index (Phi) is 2.37. The molecule has 0 fully saturated rings. The number of ether oxygens (including phenoxy) is 1. The lowest BCUT2D eigenvalue weighted by molar-refractivity contribution is 0.493. The molecule has 0 atom stereocenters. The van der Waals surface area contributed by atoms with Gasteiger partial charge >= 0.3 is 0 Å². The minimum absolute atomic E-state index is 0.277. The molecule has 14 heavy (non-hydrogen) atoms. The lowest BCUT2D eigenvalue weighted by atomic mass is 10.3. The Morgan fingerprint density at radius 3 is 2.50 bits per heavy atom. The van der Waals surface area contributed by atoms with E-state index in [1.165, 1.54) is 22.8 Å². The molecule has 1 aromatic heterocycles. The zero-order valence-corrected chi connectivity index (χ0v) is 8.05. The van der Waals surface area contributed by atoms with Gasteiger partial charge in [-0.3, -0.25) is 0 Å². The highest BCUT2D eigenvalue weighted by Crippen LogP contribution is 2.28. The van der Waals surface area contributed by atoms with Crippen LogP contribution < -0.4 is 10.5 Å². The number of rotatable bonds is 2. The van der Waals surface area contributed by atoms with Gasteiger partial charge in [0.2, 0.25) is 0 Å². The lowest BCUT2D eigenvalue weighted by Gasteiger charge is -2.01. The maximum atomic E-state index is 12.6. The van der Waals surface area contributed by atoms with Crippen LogP contribution in [0, 0.1) is 5.82 Å². The van der Waals surface area contributed by atoms with Gasteiger partial charge in [0.05, 0.1) is 0 Å². The summed E-state index contributed by atoms with van der Waals surface area (Å²) < 4.78 is 18.0. The van der Waals surface area contributed by atoms with E-state index < -0.39 is 0 Å². The predicted octanol–water partition coefficient (Wildman–Crippen LogP) is 3.26. The van der Waals surface area contributed by atoms with E-state index in [2.05, 4.69) is 0 Å². The fraction of sp³-hybridized carbons (Fsp3) is 0. The van der Waals surface area contributed by atoms with Crippen LogP contribution in [0.4, 0.5) is 10.1 Å². The van der Waals surface area contributed by atoms with Crippen molar-refractivity contribution in [2.45, 2.75) is 0 Å². The molecule has 0 saturated carbocycles. The molecule has 2 nitrogen and oxygen atoms in total. The first-order valence-electron chi connectivity index (χ1n) is 4.01. The molecule has 0 bridgehead atoms. The van der Waals surface area contributed by atoms with Crippen LogP contribution in [0.1, 0.15) is 0 Å². The van der Waals surface area contributed by atoms with Gasteiger partial charge in [-0.2, -0.15) is 0 Å². The van der Waals surface area contributed by atoms with Gasteiger partial charge in [-0.05, 0) is 24.3 Å². The normalized spacial score (nSPS) is 10.1. The minimum Gasteiger partial charge on any atom is -0.447 e. The van der Waals surface area contributed by atoms with Gasteiger partial charge in [-0.25, -0.2) is 4.39 Å². The molecule has 0 spiro atoms. The number of hydrogen-bond acceptors (Lipinski definition) is 3. The molecule has 2 aromatic rings. The average molecular weight is 209 g/mol. The van der Waals surface area contributed by atoms with Crippen molar-refractivity contribution in [2.24, 2.45) is 0 Å². The Labute approximate surface area is 84.7 Å². The number of halogens is 1. The molecular formula is C10H8FNOS. The van der Waals surface area contributed by atoms with Crippen molar-refractivity contribution in [3.05, 3.63) is 41.5 Å². The average Bonchev–Trinajstić information content (AvgIpc) is 2.56. The maximum Gasteiger partial charge on any atom is 0.183 e. The summed E-state index contributed by atoms with van der Waals surface area (Å²) in [6.45, 7) is 0. The summed E-state index contributed by atoms with van der Waals surface area (Å²) in [4.78, 5) is 0. The molecule has 0 aliphatic carbocycles. The number of benzene rings is 1. The van der Waals surface area contributed by atoms with Gasteiger partial charge in [0.15, 0.2) is 5.06 Å². The van der Waals surface area contributed by atoms with E-state index in [4.69, 9.17) is 10.5 Å². The first-order valence-corrected chi connectivity index (χ1v) is 4.89. The van der Waals surface area contributed by atoms with E-state index in [-0.39, 0.29) is 5.82 Å². The SMILES string of the molecule is Nc1ccc(Oc2cc(F)cs2)cc1. The van der Waals surface area contributed by atoms with Gasteiger partial charge < -0.3 is 10.5 Å². The van der Waals surface area contributed by atoms with Crippen molar-refractivity contribution in [1.82, 2.24) is 0 Å². The summed E-state index contributed by atoms with van der Waals surface area (Å²) in [5, 5.41) is 1.93. The Morgan fingerprint density at radius 2 is 1.93 bits per heavy atom. The zero-order chi connectivity index (χ0) is 9.97. The molecule has 1 heterocycles. The van der Waals surface area contributed by atoms with Gasteiger partial charge in [-0.15, -0.1) is 11.3 Å². The smallest absolute Gasteiger partial charge is 0.183 e. The van der Waals surface area contributed by atoms with Crippen molar-refractivity contribution < 1.29 is 9.13 Å². The topological polar surface area (TPSA) is 35.2 Å². The number of anilines is 1. The molecule has 2 N–H and O–H groups in total. The summed E-state index contributed by atoms with van der Waals surface area (Å²) in [7, 11) is 0. The maximum absolute atomic E-state index is 12.6. The third-order valence-electron chi connectivity index (χ3n) is 1.64. The van der Waals surface area contributed by atoms with Crippen molar-refractivity contribution in [2.75, 3.05) is 5.73 Å². The van der Waals surface area contributed by atoms with Crippen molar-refractivity contribution in [3.8, 4) is 10.8 Å². The first kappa shape index (κ1) is 9.02. The number of nitrogen functional groups attached to an aromatic ring is 1. The second-order valence-electron chi connectivity index (χ2n) is 2.76. The van der Waals surface area contributed by atoms with Gasteiger partial charge in [-0.1, -0.05) is 0 Å². The summed E-state index contributed by atoms with van der Waals surface area (Å²) in [5.74, 6) is 0.376. The van der Waals surface area contributed by atoms with E-state index >= 15 is 0 Å². The molecule has 0 saturated heterocycles. The largest absolute Gasteiger partial charge is 0.447 e. The highest BCUT2D eigenvalue weighted by atomic mass is 32.1. The van der Waals surface area contributed by atoms with Crippen LogP contribution in [0.3, 0.4) is 0 Å². The molecular weight excluding hydrogens is 201 g/mol. The lowest BCUT2D eigenvalue weighted by Crippen LogP contribution is -1.84. The molecule has 0 amide bonds. The quantitative estimate of drug-likeness (QED) is 0.770. The van der Waals surface area contributed by atoms with Gasteiger partial charge in [0.25, 0.3) is 0 Å². The highest BCUT2D eigenvalue weighted by molar-refractivity contribution is 7.11. The first-order chi connectivity index (χ1) is 6.74. The molecule has 0 unspecified atom stereocenters. The summed E-state index contributed by atoms with van der Waals surface area (Å²) >= 11 is 1.22. The van der Waals surface area contributed by atoms with E-state index in [0.29, 0.717) is 16.5 Å². The molecule has 0 aliphatic rings. The summed E-state index contributed by atoms with van der Waals surface area (Å²) in [5.41, 5.74) is 6.19.